The fourth-order valence-corrected chi connectivity index (χ4v) is 2.08. The van der Waals surface area contributed by atoms with Crippen LogP contribution >= 0.6 is 0 Å². The number of rotatable bonds is 10. The summed E-state index contributed by atoms with van der Waals surface area (Å²) in [4.78, 5) is 2.18. The number of nitrogens with zero attached hydrogens (tertiary/aromatic N) is 1. The number of hydrogen-bond donors (Lipinski definition) is 2. The van der Waals surface area contributed by atoms with E-state index in [0.717, 1.165) is 26.2 Å². The lowest BCUT2D eigenvalue weighted by Gasteiger charge is -2.19. The Morgan fingerprint density at radius 3 is 2.45 bits per heavy atom. The molecular weight excluding hydrogens is 248 g/mol. The minimum atomic E-state index is 0.186. The van der Waals surface area contributed by atoms with E-state index in [0.29, 0.717) is 12.5 Å². The Labute approximate surface area is 123 Å². The van der Waals surface area contributed by atoms with Gasteiger partial charge in [-0.3, -0.25) is 4.90 Å². The molecule has 112 valence electrons. The standard InChI is InChI=1S/C17H28N2O/c1-4-9-19(10-11-20)14-17-7-5-16(6-8-17)13-18-12-15(2)3/h4-8,15,18,20H,1,9-14H2,2-3H3. The molecule has 1 rings (SSSR count). The molecule has 0 spiro atoms. The van der Waals surface area contributed by atoms with Crippen molar-refractivity contribution in [1.82, 2.24) is 10.2 Å². The Morgan fingerprint density at radius 2 is 1.90 bits per heavy atom. The van der Waals surface area contributed by atoms with Gasteiger partial charge in [-0.1, -0.05) is 44.2 Å². The van der Waals surface area contributed by atoms with Gasteiger partial charge in [0.1, 0.15) is 0 Å². The lowest BCUT2D eigenvalue weighted by Crippen LogP contribution is -2.26. The van der Waals surface area contributed by atoms with Gasteiger partial charge in [0.15, 0.2) is 0 Å². The van der Waals surface area contributed by atoms with Crippen molar-refractivity contribution in [3.05, 3.63) is 48.0 Å². The van der Waals surface area contributed by atoms with E-state index in [1.54, 1.807) is 0 Å². The smallest absolute Gasteiger partial charge is 0.0558 e. The van der Waals surface area contributed by atoms with Crippen molar-refractivity contribution >= 4 is 0 Å². The van der Waals surface area contributed by atoms with Gasteiger partial charge in [0.2, 0.25) is 0 Å². The summed E-state index contributed by atoms with van der Waals surface area (Å²) in [7, 11) is 0. The highest BCUT2D eigenvalue weighted by molar-refractivity contribution is 5.22. The van der Waals surface area contributed by atoms with Crippen molar-refractivity contribution < 1.29 is 5.11 Å². The number of nitrogens with one attached hydrogen (secondary N) is 1. The second kappa shape index (κ2) is 9.70. The van der Waals surface area contributed by atoms with Crippen LogP contribution in [0.3, 0.4) is 0 Å². The van der Waals surface area contributed by atoms with Crippen molar-refractivity contribution in [2.45, 2.75) is 26.9 Å². The Morgan fingerprint density at radius 1 is 1.25 bits per heavy atom. The van der Waals surface area contributed by atoms with E-state index in [2.05, 4.69) is 54.9 Å². The minimum absolute atomic E-state index is 0.186. The molecule has 0 unspecified atom stereocenters. The summed E-state index contributed by atoms with van der Waals surface area (Å²) in [6.45, 7) is 12.7. The molecule has 3 heteroatoms. The van der Waals surface area contributed by atoms with Gasteiger partial charge in [-0.2, -0.15) is 0 Å². The summed E-state index contributed by atoms with van der Waals surface area (Å²) in [6.07, 6.45) is 1.87. The molecule has 3 nitrogen and oxygen atoms in total. The molecule has 0 aliphatic heterocycles. The summed E-state index contributed by atoms with van der Waals surface area (Å²) >= 11 is 0. The highest BCUT2D eigenvalue weighted by Gasteiger charge is 2.03. The molecule has 20 heavy (non-hydrogen) atoms. The van der Waals surface area contributed by atoms with Crippen LogP contribution in [0.15, 0.2) is 36.9 Å². The van der Waals surface area contributed by atoms with Gasteiger partial charge in [-0.05, 0) is 23.6 Å². The molecule has 0 radical (unpaired) electrons. The Hall–Kier alpha value is -1.16. The third kappa shape index (κ3) is 6.85. The normalized spacial score (nSPS) is 11.2. The molecule has 0 aliphatic carbocycles. The number of hydrogen-bond acceptors (Lipinski definition) is 3. The van der Waals surface area contributed by atoms with Gasteiger partial charge in [0.25, 0.3) is 0 Å². The predicted octanol–water partition coefficient (Wildman–Crippen LogP) is 2.41. The zero-order valence-corrected chi connectivity index (χ0v) is 12.8. The Bertz CT molecular complexity index is 373. The van der Waals surface area contributed by atoms with Crippen LogP contribution in [0, 0.1) is 5.92 Å². The fourth-order valence-electron chi connectivity index (χ4n) is 2.08. The molecule has 0 bridgehead atoms. The first-order chi connectivity index (χ1) is 9.65. The van der Waals surface area contributed by atoms with Gasteiger partial charge in [0, 0.05) is 26.2 Å². The highest BCUT2D eigenvalue weighted by Crippen LogP contribution is 2.08. The monoisotopic (exact) mass is 276 g/mol. The lowest BCUT2D eigenvalue weighted by molar-refractivity contribution is 0.203. The maximum Gasteiger partial charge on any atom is 0.0558 e. The molecule has 0 aromatic heterocycles. The van der Waals surface area contributed by atoms with E-state index in [-0.39, 0.29) is 6.61 Å². The average molecular weight is 276 g/mol. The minimum Gasteiger partial charge on any atom is -0.395 e. The summed E-state index contributed by atoms with van der Waals surface area (Å²) < 4.78 is 0. The molecule has 0 saturated heterocycles. The second-order valence-electron chi connectivity index (χ2n) is 5.59. The first-order valence-corrected chi connectivity index (χ1v) is 7.38. The van der Waals surface area contributed by atoms with Crippen LogP contribution in [0.2, 0.25) is 0 Å². The average Bonchev–Trinajstić information content (AvgIpc) is 2.41. The van der Waals surface area contributed by atoms with Crippen molar-refractivity contribution in [3.8, 4) is 0 Å². The van der Waals surface area contributed by atoms with Gasteiger partial charge >= 0.3 is 0 Å². The lowest BCUT2D eigenvalue weighted by atomic mass is 10.1. The Kier molecular flexibility index (Phi) is 8.19. The van der Waals surface area contributed by atoms with E-state index in [4.69, 9.17) is 5.11 Å². The highest BCUT2D eigenvalue weighted by atomic mass is 16.3. The van der Waals surface area contributed by atoms with Crippen molar-refractivity contribution in [3.63, 3.8) is 0 Å². The van der Waals surface area contributed by atoms with E-state index in [1.165, 1.54) is 11.1 Å². The predicted molar refractivity (Wildman–Crippen MR) is 85.5 cm³/mol. The van der Waals surface area contributed by atoms with Crippen LogP contribution in [0.25, 0.3) is 0 Å². The summed E-state index contributed by atoms with van der Waals surface area (Å²) in [6, 6.07) is 8.68. The largest absolute Gasteiger partial charge is 0.395 e. The summed E-state index contributed by atoms with van der Waals surface area (Å²) in [5.41, 5.74) is 2.58. The van der Waals surface area contributed by atoms with Gasteiger partial charge in [-0.15, -0.1) is 6.58 Å². The maximum atomic E-state index is 9.04. The first kappa shape index (κ1) is 16.9. The van der Waals surface area contributed by atoms with E-state index in [1.807, 2.05) is 6.08 Å². The fraction of sp³-hybridized carbons (Fsp3) is 0.529. The van der Waals surface area contributed by atoms with Crippen LogP contribution in [0.5, 0.6) is 0 Å². The maximum absolute atomic E-state index is 9.04. The van der Waals surface area contributed by atoms with Gasteiger partial charge in [-0.25, -0.2) is 0 Å². The van der Waals surface area contributed by atoms with Crippen molar-refractivity contribution in [2.75, 3.05) is 26.2 Å². The van der Waals surface area contributed by atoms with Crippen LogP contribution < -0.4 is 5.32 Å². The zero-order chi connectivity index (χ0) is 14.8. The van der Waals surface area contributed by atoms with Crippen LogP contribution in [-0.2, 0) is 13.1 Å². The number of benzene rings is 1. The van der Waals surface area contributed by atoms with Crippen molar-refractivity contribution in [1.29, 1.82) is 0 Å². The van der Waals surface area contributed by atoms with Crippen molar-refractivity contribution in [2.24, 2.45) is 5.92 Å². The van der Waals surface area contributed by atoms with E-state index in [9.17, 15) is 0 Å². The first-order valence-electron chi connectivity index (χ1n) is 7.38. The van der Waals surface area contributed by atoms with Crippen LogP contribution in [0.4, 0.5) is 0 Å². The molecule has 1 aromatic carbocycles. The molecule has 0 amide bonds. The third-order valence-corrected chi connectivity index (χ3v) is 3.11. The second-order valence-corrected chi connectivity index (χ2v) is 5.59. The summed E-state index contributed by atoms with van der Waals surface area (Å²) in [5, 5.41) is 12.5. The molecule has 0 fully saturated rings. The van der Waals surface area contributed by atoms with Crippen LogP contribution in [0.1, 0.15) is 25.0 Å². The molecule has 0 atom stereocenters. The van der Waals surface area contributed by atoms with Gasteiger partial charge < -0.3 is 10.4 Å². The quantitative estimate of drug-likeness (QED) is 0.644. The topological polar surface area (TPSA) is 35.5 Å². The molecule has 0 saturated carbocycles. The molecule has 1 aromatic rings. The SMILES string of the molecule is C=CCN(CCO)Cc1ccc(CNCC(C)C)cc1. The summed E-state index contributed by atoms with van der Waals surface area (Å²) in [5.74, 6) is 0.681. The Balaban J connectivity index is 2.46. The zero-order valence-electron chi connectivity index (χ0n) is 12.8. The van der Waals surface area contributed by atoms with Gasteiger partial charge in [0.05, 0.1) is 6.61 Å². The number of aliphatic hydroxyl groups excluding tert-OH is 1. The molecule has 0 heterocycles. The molecule has 2 N–H and O–H groups in total. The van der Waals surface area contributed by atoms with E-state index >= 15 is 0 Å². The molecule has 0 aliphatic rings. The van der Waals surface area contributed by atoms with E-state index < -0.39 is 0 Å². The molecular formula is C17H28N2O. The van der Waals surface area contributed by atoms with Crippen LogP contribution in [-0.4, -0.2) is 36.2 Å². The number of aliphatic hydroxyl groups is 1. The third-order valence-electron chi connectivity index (χ3n) is 3.11.